The van der Waals surface area contributed by atoms with Crippen molar-refractivity contribution in [3.63, 3.8) is 0 Å². The molecule has 2 N–H and O–H groups in total. The number of nitrogens with one attached hydrogen (secondary N) is 1. The standard InChI is InChI=1S/C12H13BrClNO3/c1-3-12(2,11(17)18)15-10(16)8-5-4-7(14)6-9(8)13/h4-6H,3H2,1-2H3,(H,15,16)(H,17,18). The highest BCUT2D eigenvalue weighted by molar-refractivity contribution is 9.10. The molecule has 98 valence electrons. The van der Waals surface area contributed by atoms with Crippen LogP contribution in [0.25, 0.3) is 0 Å². The van der Waals surface area contributed by atoms with Gasteiger partial charge >= 0.3 is 5.97 Å². The van der Waals surface area contributed by atoms with E-state index in [4.69, 9.17) is 16.7 Å². The summed E-state index contributed by atoms with van der Waals surface area (Å²) in [6, 6.07) is 4.70. The molecule has 1 aromatic rings. The summed E-state index contributed by atoms with van der Waals surface area (Å²) in [5.41, 5.74) is -0.934. The molecule has 0 fully saturated rings. The maximum absolute atomic E-state index is 12.0. The third-order valence-electron chi connectivity index (χ3n) is 2.74. The Kier molecular flexibility index (Phi) is 4.76. The van der Waals surface area contributed by atoms with Gasteiger partial charge in [0, 0.05) is 9.50 Å². The Morgan fingerprint density at radius 3 is 2.56 bits per heavy atom. The number of benzene rings is 1. The molecular weight excluding hydrogens is 321 g/mol. The highest BCUT2D eigenvalue weighted by atomic mass is 79.9. The van der Waals surface area contributed by atoms with Crippen LogP contribution in [-0.2, 0) is 4.79 Å². The number of aliphatic carboxylic acids is 1. The number of rotatable bonds is 4. The van der Waals surface area contributed by atoms with E-state index in [0.717, 1.165) is 0 Å². The number of carbonyl (C=O) groups is 2. The average Bonchev–Trinajstić information content (AvgIpc) is 2.28. The van der Waals surface area contributed by atoms with Gasteiger partial charge in [-0.15, -0.1) is 0 Å². The molecule has 0 spiro atoms. The zero-order chi connectivity index (χ0) is 13.9. The van der Waals surface area contributed by atoms with Crippen molar-refractivity contribution in [2.24, 2.45) is 0 Å². The Morgan fingerprint density at radius 1 is 1.50 bits per heavy atom. The van der Waals surface area contributed by atoms with Gasteiger partial charge in [0.1, 0.15) is 5.54 Å². The quantitative estimate of drug-likeness (QED) is 0.889. The summed E-state index contributed by atoms with van der Waals surface area (Å²) >= 11 is 9.00. The third kappa shape index (κ3) is 3.23. The van der Waals surface area contributed by atoms with Gasteiger partial charge in [0.05, 0.1) is 5.56 Å². The third-order valence-corrected chi connectivity index (χ3v) is 3.64. The fourth-order valence-electron chi connectivity index (χ4n) is 1.28. The molecule has 0 bridgehead atoms. The number of carboxylic acid groups (broad SMARTS) is 1. The number of hydrogen-bond donors (Lipinski definition) is 2. The van der Waals surface area contributed by atoms with Gasteiger partial charge in [-0.3, -0.25) is 4.79 Å². The molecule has 0 saturated heterocycles. The van der Waals surface area contributed by atoms with Gasteiger partial charge in [-0.25, -0.2) is 4.79 Å². The molecule has 1 rings (SSSR count). The van der Waals surface area contributed by atoms with Crippen molar-refractivity contribution in [2.75, 3.05) is 0 Å². The Labute approximate surface area is 118 Å². The van der Waals surface area contributed by atoms with Crippen LogP contribution in [0, 0.1) is 0 Å². The van der Waals surface area contributed by atoms with Crippen molar-refractivity contribution in [3.05, 3.63) is 33.3 Å². The lowest BCUT2D eigenvalue weighted by Gasteiger charge is -2.24. The molecule has 1 atom stereocenters. The Morgan fingerprint density at radius 2 is 2.11 bits per heavy atom. The van der Waals surface area contributed by atoms with Gasteiger partial charge in [0.2, 0.25) is 0 Å². The first-order valence-electron chi connectivity index (χ1n) is 5.31. The summed E-state index contributed by atoms with van der Waals surface area (Å²) in [6.45, 7) is 3.17. The second kappa shape index (κ2) is 5.71. The minimum atomic E-state index is -1.28. The summed E-state index contributed by atoms with van der Waals surface area (Å²) in [6.07, 6.45) is 0.291. The van der Waals surface area contributed by atoms with E-state index in [1.165, 1.54) is 6.92 Å². The molecule has 0 aliphatic heterocycles. The molecule has 0 aliphatic carbocycles. The fourth-order valence-corrected chi connectivity index (χ4v) is 2.15. The Balaban J connectivity index is 2.98. The zero-order valence-corrected chi connectivity index (χ0v) is 12.3. The van der Waals surface area contributed by atoms with Crippen LogP contribution in [0.1, 0.15) is 30.6 Å². The molecule has 0 heterocycles. The van der Waals surface area contributed by atoms with Crippen LogP contribution in [0.5, 0.6) is 0 Å². The molecular formula is C12H13BrClNO3. The highest BCUT2D eigenvalue weighted by Gasteiger charge is 2.33. The van der Waals surface area contributed by atoms with Gasteiger partial charge in [-0.2, -0.15) is 0 Å². The zero-order valence-electron chi connectivity index (χ0n) is 9.96. The first-order valence-corrected chi connectivity index (χ1v) is 6.48. The maximum Gasteiger partial charge on any atom is 0.329 e. The van der Waals surface area contributed by atoms with Crippen molar-refractivity contribution in [3.8, 4) is 0 Å². The van der Waals surface area contributed by atoms with Crippen LogP contribution in [0.15, 0.2) is 22.7 Å². The fraction of sp³-hybridized carbons (Fsp3) is 0.333. The number of halogens is 2. The number of hydrogen-bond acceptors (Lipinski definition) is 2. The van der Waals surface area contributed by atoms with Crippen LogP contribution >= 0.6 is 27.5 Å². The minimum Gasteiger partial charge on any atom is -0.480 e. The van der Waals surface area contributed by atoms with E-state index in [0.29, 0.717) is 21.5 Å². The van der Waals surface area contributed by atoms with Crippen molar-refractivity contribution in [1.29, 1.82) is 0 Å². The van der Waals surface area contributed by atoms with E-state index in [9.17, 15) is 9.59 Å². The maximum atomic E-state index is 12.0. The molecule has 1 amide bonds. The minimum absolute atomic E-state index is 0.291. The van der Waals surface area contributed by atoms with Gasteiger partial charge in [-0.05, 0) is 47.5 Å². The molecule has 4 nitrogen and oxygen atoms in total. The molecule has 1 unspecified atom stereocenters. The molecule has 18 heavy (non-hydrogen) atoms. The molecule has 0 aromatic heterocycles. The lowest BCUT2D eigenvalue weighted by atomic mass is 9.98. The SMILES string of the molecule is CCC(C)(NC(=O)c1ccc(Cl)cc1Br)C(=O)O. The van der Waals surface area contributed by atoms with E-state index in [2.05, 4.69) is 21.2 Å². The summed E-state index contributed by atoms with van der Waals surface area (Å²) in [5, 5.41) is 12.1. The van der Waals surface area contributed by atoms with Crippen LogP contribution in [0.4, 0.5) is 0 Å². The second-order valence-electron chi connectivity index (χ2n) is 4.07. The van der Waals surface area contributed by atoms with E-state index in [-0.39, 0.29) is 0 Å². The highest BCUT2D eigenvalue weighted by Crippen LogP contribution is 2.22. The molecule has 0 radical (unpaired) electrons. The molecule has 0 saturated carbocycles. The summed E-state index contributed by atoms with van der Waals surface area (Å²) in [5.74, 6) is -1.52. The predicted octanol–water partition coefficient (Wildman–Crippen LogP) is 3.09. The molecule has 1 aromatic carbocycles. The van der Waals surface area contributed by atoms with Gasteiger partial charge in [-0.1, -0.05) is 18.5 Å². The first-order chi connectivity index (χ1) is 8.30. The van der Waals surface area contributed by atoms with Gasteiger partial charge in [0.25, 0.3) is 5.91 Å². The van der Waals surface area contributed by atoms with Crippen molar-refractivity contribution < 1.29 is 14.7 Å². The predicted molar refractivity (Wildman–Crippen MR) is 73.0 cm³/mol. The normalized spacial score (nSPS) is 13.8. The topological polar surface area (TPSA) is 66.4 Å². The smallest absolute Gasteiger partial charge is 0.329 e. The molecule has 0 aliphatic rings. The lowest BCUT2D eigenvalue weighted by Crippen LogP contribution is -2.51. The van der Waals surface area contributed by atoms with Crippen molar-refractivity contribution >= 4 is 39.4 Å². The second-order valence-corrected chi connectivity index (χ2v) is 5.36. The summed E-state index contributed by atoms with van der Waals surface area (Å²) < 4.78 is 0.524. The van der Waals surface area contributed by atoms with E-state index in [1.807, 2.05) is 0 Å². The monoisotopic (exact) mass is 333 g/mol. The number of carbonyl (C=O) groups excluding carboxylic acids is 1. The van der Waals surface area contributed by atoms with Crippen LogP contribution in [0.2, 0.25) is 5.02 Å². The molecule has 6 heteroatoms. The van der Waals surface area contributed by atoms with Gasteiger partial charge in [0.15, 0.2) is 0 Å². The average molecular weight is 335 g/mol. The van der Waals surface area contributed by atoms with Gasteiger partial charge < -0.3 is 10.4 Å². The Bertz CT molecular complexity index is 492. The van der Waals surface area contributed by atoms with Crippen LogP contribution in [0.3, 0.4) is 0 Å². The first kappa shape index (κ1) is 15.0. The van der Waals surface area contributed by atoms with E-state index >= 15 is 0 Å². The number of carboxylic acids is 1. The number of amides is 1. The van der Waals surface area contributed by atoms with Crippen LogP contribution in [-0.4, -0.2) is 22.5 Å². The largest absolute Gasteiger partial charge is 0.480 e. The lowest BCUT2D eigenvalue weighted by molar-refractivity contribution is -0.143. The summed E-state index contributed by atoms with van der Waals surface area (Å²) in [7, 11) is 0. The van der Waals surface area contributed by atoms with E-state index in [1.54, 1.807) is 25.1 Å². The van der Waals surface area contributed by atoms with E-state index < -0.39 is 17.4 Å². The Hall–Kier alpha value is -1.07. The summed E-state index contributed by atoms with van der Waals surface area (Å²) in [4.78, 5) is 23.1. The van der Waals surface area contributed by atoms with Crippen molar-refractivity contribution in [2.45, 2.75) is 25.8 Å². The van der Waals surface area contributed by atoms with Crippen molar-refractivity contribution in [1.82, 2.24) is 5.32 Å². The van der Waals surface area contributed by atoms with Crippen LogP contribution < -0.4 is 5.32 Å².